The molecular formula is C13H10BrFN2S. The molecule has 0 saturated heterocycles. The Labute approximate surface area is 117 Å². The zero-order chi connectivity index (χ0) is 13.1. The molecule has 0 aliphatic carbocycles. The first-order valence-corrected chi connectivity index (χ1v) is 6.91. The van der Waals surface area contributed by atoms with Gasteiger partial charge in [0.1, 0.15) is 11.9 Å². The van der Waals surface area contributed by atoms with Crippen LogP contribution in [-0.2, 0) is 6.54 Å². The minimum Gasteiger partial charge on any atom is -0.370 e. The van der Waals surface area contributed by atoms with Gasteiger partial charge >= 0.3 is 0 Å². The van der Waals surface area contributed by atoms with Crippen LogP contribution >= 0.6 is 27.3 Å². The standard InChI is InChI=1S/C13H10BrFN2S/c1-17(7-9-4-13(14)18-8-9)11-3-2-10(6-16)12(15)5-11/h2-5,8H,7H2,1H3. The van der Waals surface area contributed by atoms with Gasteiger partial charge in [-0.3, -0.25) is 0 Å². The molecule has 18 heavy (non-hydrogen) atoms. The van der Waals surface area contributed by atoms with E-state index in [1.54, 1.807) is 17.4 Å². The topological polar surface area (TPSA) is 27.0 Å². The van der Waals surface area contributed by atoms with E-state index in [4.69, 9.17) is 5.26 Å². The van der Waals surface area contributed by atoms with Crippen LogP contribution in [0.4, 0.5) is 10.1 Å². The first-order chi connectivity index (χ1) is 8.60. The highest BCUT2D eigenvalue weighted by molar-refractivity contribution is 9.11. The van der Waals surface area contributed by atoms with Crippen LogP contribution in [0.3, 0.4) is 0 Å². The van der Waals surface area contributed by atoms with Crippen LogP contribution in [0.1, 0.15) is 11.1 Å². The van der Waals surface area contributed by atoms with Crippen LogP contribution in [0.5, 0.6) is 0 Å². The number of thiophene rings is 1. The molecule has 0 aliphatic heterocycles. The fourth-order valence-corrected chi connectivity index (χ4v) is 2.83. The van der Waals surface area contributed by atoms with Crippen LogP contribution < -0.4 is 4.90 Å². The number of rotatable bonds is 3. The van der Waals surface area contributed by atoms with E-state index in [2.05, 4.69) is 21.3 Å². The van der Waals surface area contributed by atoms with Gasteiger partial charge in [-0.1, -0.05) is 0 Å². The van der Waals surface area contributed by atoms with Crippen LogP contribution in [-0.4, -0.2) is 7.05 Å². The van der Waals surface area contributed by atoms with E-state index in [0.717, 1.165) is 9.47 Å². The third-order valence-corrected chi connectivity index (χ3v) is 4.11. The molecule has 0 bridgehead atoms. The summed E-state index contributed by atoms with van der Waals surface area (Å²) in [6.07, 6.45) is 0. The number of halogens is 2. The van der Waals surface area contributed by atoms with Gasteiger partial charge in [0.25, 0.3) is 0 Å². The summed E-state index contributed by atoms with van der Waals surface area (Å²) in [6.45, 7) is 0.702. The minimum absolute atomic E-state index is 0.0745. The van der Waals surface area contributed by atoms with E-state index < -0.39 is 5.82 Å². The Hall–Kier alpha value is -1.38. The van der Waals surface area contributed by atoms with Crippen LogP contribution in [0.25, 0.3) is 0 Å². The third kappa shape index (κ3) is 2.89. The van der Waals surface area contributed by atoms with Crippen LogP contribution in [0.2, 0.25) is 0 Å². The molecule has 0 atom stereocenters. The van der Waals surface area contributed by atoms with Gasteiger partial charge in [0.05, 0.1) is 9.35 Å². The van der Waals surface area contributed by atoms with Crippen molar-refractivity contribution < 1.29 is 4.39 Å². The Morgan fingerprint density at radius 2 is 2.22 bits per heavy atom. The molecule has 1 aromatic heterocycles. The first kappa shape index (κ1) is 13.1. The van der Waals surface area contributed by atoms with Crippen molar-refractivity contribution in [2.24, 2.45) is 0 Å². The Morgan fingerprint density at radius 1 is 1.44 bits per heavy atom. The number of hydrogen-bond acceptors (Lipinski definition) is 3. The molecule has 0 aliphatic rings. The van der Waals surface area contributed by atoms with Gasteiger partial charge in [0.2, 0.25) is 0 Å². The van der Waals surface area contributed by atoms with Crippen molar-refractivity contribution in [3.8, 4) is 6.07 Å². The average molecular weight is 325 g/mol. The second kappa shape index (κ2) is 5.51. The monoisotopic (exact) mass is 324 g/mol. The van der Waals surface area contributed by atoms with Crippen molar-refractivity contribution in [2.75, 3.05) is 11.9 Å². The Morgan fingerprint density at radius 3 is 2.78 bits per heavy atom. The summed E-state index contributed by atoms with van der Waals surface area (Å²) in [5.74, 6) is -0.478. The highest BCUT2D eigenvalue weighted by atomic mass is 79.9. The summed E-state index contributed by atoms with van der Waals surface area (Å²) < 4.78 is 14.6. The van der Waals surface area contributed by atoms with Gasteiger partial charge in [0.15, 0.2) is 0 Å². The van der Waals surface area contributed by atoms with Crippen molar-refractivity contribution in [3.05, 3.63) is 50.4 Å². The zero-order valence-corrected chi connectivity index (χ0v) is 12.1. The van der Waals surface area contributed by atoms with Crippen molar-refractivity contribution in [3.63, 3.8) is 0 Å². The smallest absolute Gasteiger partial charge is 0.143 e. The molecule has 0 fully saturated rings. The fourth-order valence-electron chi connectivity index (χ4n) is 1.63. The Balaban J connectivity index is 2.16. The highest BCUT2D eigenvalue weighted by Crippen LogP contribution is 2.24. The summed E-state index contributed by atoms with van der Waals surface area (Å²) in [5, 5.41) is 10.7. The molecule has 2 rings (SSSR count). The quantitative estimate of drug-likeness (QED) is 0.847. The molecule has 1 heterocycles. The lowest BCUT2D eigenvalue weighted by Gasteiger charge is -2.18. The van der Waals surface area contributed by atoms with Crippen molar-refractivity contribution in [1.29, 1.82) is 5.26 Å². The molecule has 0 N–H and O–H groups in total. The lowest BCUT2D eigenvalue weighted by molar-refractivity contribution is 0.623. The average Bonchev–Trinajstić information content (AvgIpc) is 2.74. The van der Waals surface area contributed by atoms with E-state index in [1.165, 1.54) is 17.7 Å². The highest BCUT2D eigenvalue weighted by Gasteiger charge is 2.07. The second-order valence-corrected chi connectivity index (χ2v) is 6.18. The molecule has 1 aromatic carbocycles. The summed E-state index contributed by atoms with van der Waals surface area (Å²) in [7, 11) is 1.90. The van der Waals surface area contributed by atoms with E-state index in [1.807, 2.05) is 24.1 Å². The van der Waals surface area contributed by atoms with Gasteiger partial charge in [0, 0.05) is 19.3 Å². The summed E-state index contributed by atoms with van der Waals surface area (Å²) in [4.78, 5) is 1.94. The first-order valence-electron chi connectivity index (χ1n) is 5.24. The minimum atomic E-state index is -0.478. The Kier molecular flexibility index (Phi) is 4.00. The van der Waals surface area contributed by atoms with Crippen molar-refractivity contribution in [1.82, 2.24) is 0 Å². The summed E-state index contributed by atoms with van der Waals surface area (Å²) in [5.41, 5.74) is 2.00. The number of nitrogens with zero attached hydrogens (tertiary/aromatic N) is 2. The SMILES string of the molecule is CN(Cc1csc(Br)c1)c1ccc(C#N)c(F)c1. The third-order valence-electron chi connectivity index (χ3n) is 2.56. The molecule has 92 valence electrons. The molecule has 0 amide bonds. The number of benzene rings is 1. The van der Waals surface area contributed by atoms with E-state index in [9.17, 15) is 4.39 Å². The summed E-state index contributed by atoms with van der Waals surface area (Å²) >= 11 is 5.04. The zero-order valence-electron chi connectivity index (χ0n) is 9.65. The number of anilines is 1. The Bertz CT molecular complexity index is 603. The lowest BCUT2D eigenvalue weighted by Crippen LogP contribution is -2.16. The maximum atomic E-state index is 13.5. The predicted octanol–water partition coefficient (Wildman–Crippen LogP) is 4.16. The van der Waals surface area contributed by atoms with Crippen molar-refractivity contribution >= 4 is 33.0 Å². The largest absolute Gasteiger partial charge is 0.370 e. The summed E-state index contributed by atoms with van der Waals surface area (Å²) in [6, 6.07) is 8.51. The molecule has 0 saturated carbocycles. The van der Waals surface area contributed by atoms with Crippen LogP contribution in [0.15, 0.2) is 33.4 Å². The second-order valence-electron chi connectivity index (χ2n) is 3.89. The normalized spacial score (nSPS) is 10.1. The maximum absolute atomic E-state index is 13.5. The molecule has 0 spiro atoms. The van der Waals surface area contributed by atoms with Gasteiger partial charge < -0.3 is 4.90 Å². The van der Waals surface area contributed by atoms with E-state index >= 15 is 0 Å². The molecule has 5 heteroatoms. The fraction of sp³-hybridized carbons (Fsp3) is 0.154. The molecular weight excluding hydrogens is 315 g/mol. The van der Waals surface area contributed by atoms with Gasteiger partial charge in [-0.25, -0.2) is 4.39 Å². The maximum Gasteiger partial charge on any atom is 0.143 e. The van der Waals surface area contributed by atoms with E-state index in [0.29, 0.717) is 6.54 Å². The molecule has 2 aromatic rings. The van der Waals surface area contributed by atoms with E-state index in [-0.39, 0.29) is 5.56 Å². The molecule has 0 radical (unpaired) electrons. The molecule has 2 nitrogen and oxygen atoms in total. The van der Waals surface area contributed by atoms with Gasteiger partial charge in [-0.05, 0) is 51.1 Å². The number of hydrogen-bond donors (Lipinski definition) is 0. The lowest BCUT2D eigenvalue weighted by atomic mass is 10.2. The predicted molar refractivity (Wildman–Crippen MR) is 75.2 cm³/mol. The van der Waals surface area contributed by atoms with Crippen LogP contribution in [0, 0.1) is 17.1 Å². The molecule has 0 unspecified atom stereocenters. The van der Waals surface area contributed by atoms with Gasteiger partial charge in [-0.15, -0.1) is 11.3 Å². The van der Waals surface area contributed by atoms with Gasteiger partial charge in [-0.2, -0.15) is 5.26 Å². The number of nitriles is 1. The van der Waals surface area contributed by atoms with Crippen molar-refractivity contribution in [2.45, 2.75) is 6.54 Å².